The van der Waals surface area contributed by atoms with Gasteiger partial charge in [-0.1, -0.05) is 12.1 Å². The van der Waals surface area contributed by atoms with E-state index in [9.17, 15) is 0 Å². The average Bonchev–Trinajstić information content (AvgIpc) is 2.61. The average molecular weight is 176 g/mol. The van der Waals surface area contributed by atoms with Gasteiger partial charge in [0.05, 0.1) is 24.5 Å². The maximum Gasteiger partial charge on any atom is 0.104 e. The molecule has 0 aromatic heterocycles. The SMILES string of the molecule is Nc1ccccc1NN1C=NCC1. The second-order valence-electron chi connectivity index (χ2n) is 2.91. The zero-order valence-electron chi connectivity index (χ0n) is 7.27. The maximum absolute atomic E-state index is 5.76. The predicted octanol–water partition coefficient (Wildman–Crippen LogP) is 0.940. The lowest BCUT2D eigenvalue weighted by atomic mass is 10.3. The first-order valence-electron chi connectivity index (χ1n) is 4.24. The van der Waals surface area contributed by atoms with Crippen molar-refractivity contribution in [3.8, 4) is 0 Å². The molecule has 1 heterocycles. The van der Waals surface area contributed by atoms with Crippen molar-refractivity contribution >= 4 is 17.7 Å². The predicted molar refractivity (Wildman–Crippen MR) is 54.5 cm³/mol. The molecule has 1 aliphatic heterocycles. The summed E-state index contributed by atoms with van der Waals surface area (Å²) in [6.45, 7) is 1.74. The fourth-order valence-electron chi connectivity index (χ4n) is 1.22. The molecule has 0 spiro atoms. The van der Waals surface area contributed by atoms with Gasteiger partial charge < -0.3 is 5.73 Å². The number of hydrazine groups is 1. The van der Waals surface area contributed by atoms with Crippen molar-refractivity contribution in [2.24, 2.45) is 4.99 Å². The Morgan fingerprint density at radius 2 is 2.23 bits per heavy atom. The highest BCUT2D eigenvalue weighted by Gasteiger charge is 2.05. The normalized spacial score (nSPS) is 14.9. The molecule has 2 rings (SSSR count). The third kappa shape index (κ3) is 1.72. The maximum atomic E-state index is 5.76. The zero-order valence-corrected chi connectivity index (χ0v) is 7.27. The molecule has 13 heavy (non-hydrogen) atoms. The number of para-hydroxylation sites is 2. The fourth-order valence-corrected chi connectivity index (χ4v) is 1.22. The Bertz CT molecular complexity index is 321. The van der Waals surface area contributed by atoms with Gasteiger partial charge in [0.1, 0.15) is 6.34 Å². The molecular weight excluding hydrogens is 164 g/mol. The highest BCUT2D eigenvalue weighted by Crippen LogP contribution is 2.17. The number of hydrogen-bond acceptors (Lipinski definition) is 4. The van der Waals surface area contributed by atoms with Gasteiger partial charge in [0, 0.05) is 0 Å². The monoisotopic (exact) mass is 176 g/mol. The Kier molecular flexibility index (Phi) is 2.04. The summed E-state index contributed by atoms with van der Waals surface area (Å²) >= 11 is 0. The molecule has 0 radical (unpaired) electrons. The van der Waals surface area contributed by atoms with E-state index < -0.39 is 0 Å². The van der Waals surface area contributed by atoms with E-state index in [1.807, 2.05) is 29.3 Å². The third-order valence-corrected chi connectivity index (χ3v) is 1.92. The molecule has 1 aromatic carbocycles. The minimum absolute atomic E-state index is 0.753. The minimum Gasteiger partial charge on any atom is -0.397 e. The summed E-state index contributed by atoms with van der Waals surface area (Å²) in [5.74, 6) is 0. The zero-order chi connectivity index (χ0) is 9.10. The van der Waals surface area contributed by atoms with E-state index in [1.54, 1.807) is 6.34 Å². The van der Waals surface area contributed by atoms with Crippen molar-refractivity contribution in [1.82, 2.24) is 5.01 Å². The number of nitrogens with two attached hydrogens (primary N) is 1. The van der Waals surface area contributed by atoms with Crippen LogP contribution in [0.25, 0.3) is 0 Å². The first-order valence-corrected chi connectivity index (χ1v) is 4.24. The molecule has 1 aromatic rings. The quantitative estimate of drug-likeness (QED) is 0.659. The molecule has 0 fully saturated rings. The van der Waals surface area contributed by atoms with Crippen molar-refractivity contribution in [2.45, 2.75) is 0 Å². The van der Waals surface area contributed by atoms with Gasteiger partial charge in [-0.3, -0.25) is 15.4 Å². The first kappa shape index (κ1) is 7.91. The Morgan fingerprint density at radius 1 is 1.38 bits per heavy atom. The van der Waals surface area contributed by atoms with Gasteiger partial charge >= 0.3 is 0 Å². The van der Waals surface area contributed by atoms with Crippen LogP contribution in [0.1, 0.15) is 0 Å². The molecule has 0 aliphatic carbocycles. The van der Waals surface area contributed by atoms with E-state index in [0.717, 1.165) is 24.5 Å². The molecule has 0 unspecified atom stereocenters. The van der Waals surface area contributed by atoms with Crippen LogP contribution in [0.5, 0.6) is 0 Å². The lowest BCUT2D eigenvalue weighted by Crippen LogP contribution is -2.26. The Morgan fingerprint density at radius 3 is 2.92 bits per heavy atom. The molecule has 1 aliphatic rings. The first-order chi connectivity index (χ1) is 6.36. The van der Waals surface area contributed by atoms with Crippen molar-refractivity contribution < 1.29 is 0 Å². The molecule has 4 nitrogen and oxygen atoms in total. The Balaban J connectivity index is 2.09. The van der Waals surface area contributed by atoms with Crippen LogP contribution in [-0.4, -0.2) is 24.4 Å². The van der Waals surface area contributed by atoms with E-state index >= 15 is 0 Å². The number of nitrogens with one attached hydrogen (secondary N) is 1. The molecule has 3 N–H and O–H groups in total. The summed E-state index contributed by atoms with van der Waals surface area (Å²) in [6, 6.07) is 7.68. The van der Waals surface area contributed by atoms with Crippen molar-refractivity contribution in [2.75, 3.05) is 24.2 Å². The summed E-state index contributed by atoms with van der Waals surface area (Å²) in [5, 5.41) is 1.92. The molecule has 0 bridgehead atoms. The van der Waals surface area contributed by atoms with Crippen LogP contribution in [0.15, 0.2) is 29.3 Å². The molecule has 0 atom stereocenters. The summed E-state index contributed by atoms with van der Waals surface area (Å²) in [5.41, 5.74) is 10.6. The third-order valence-electron chi connectivity index (χ3n) is 1.92. The van der Waals surface area contributed by atoms with Crippen molar-refractivity contribution in [3.63, 3.8) is 0 Å². The highest BCUT2D eigenvalue weighted by molar-refractivity contribution is 5.68. The second-order valence-corrected chi connectivity index (χ2v) is 2.91. The summed E-state index contributed by atoms with van der Waals surface area (Å²) < 4.78 is 0. The highest BCUT2D eigenvalue weighted by atomic mass is 15.5. The van der Waals surface area contributed by atoms with Gasteiger partial charge in [0.25, 0.3) is 0 Å². The number of rotatable bonds is 2. The van der Waals surface area contributed by atoms with Crippen LogP contribution in [0, 0.1) is 0 Å². The molecule has 68 valence electrons. The van der Waals surface area contributed by atoms with Crippen LogP contribution in [0.3, 0.4) is 0 Å². The number of anilines is 2. The van der Waals surface area contributed by atoms with Crippen LogP contribution >= 0.6 is 0 Å². The molecule has 0 amide bonds. The second kappa shape index (κ2) is 3.35. The number of nitrogen functional groups attached to an aromatic ring is 1. The Hall–Kier alpha value is -1.71. The van der Waals surface area contributed by atoms with E-state index in [0.29, 0.717) is 0 Å². The number of benzene rings is 1. The standard InChI is InChI=1S/C9H12N4/c10-8-3-1-2-4-9(8)12-13-6-5-11-7-13/h1-4,7,12H,5-6,10H2. The summed E-state index contributed by atoms with van der Waals surface area (Å²) in [4.78, 5) is 4.09. The number of nitrogens with zero attached hydrogens (tertiary/aromatic N) is 2. The molecule has 4 heteroatoms. The largest absolute Gasteiger partial charge is 0.397 e. The minimum atomic E-state index is 0.753. The van der Waals surface area contributed by atoms with Gasteiger partial charge in [-0.05, 0) is 12.1 Å². The van der Waals surface area contributed by atoms with Gasteiger partial charge in [-0.2, -0.15) is 0 Å². The van der Waals surface area contributed by atoms with Crippen molar-refractivity contribution in [1.29, 1.82) is 0 Å². The lowest BCUT2D eigenvalue weighted by Gasteiger charge is -2.17. The molecule has 0 saturated heterocycles. The van der Waals surface area contributed by atoms with Crippen molar-refractivity contribution in [3.05, 3.63) is 24.3 Å². The molecule has 0 saturated carbocycles. The van der Waals surface area contributed by atoms with Gasteiger partial charge in [-0.15, -0.1) is 0 Å². The fraction of sp³-hybridized carbons (Fsp3) is 0.222. The van der Waals surface area contributed by atoms with Crippen LogP contribution in [0.4, 0.5) is 11.4 Å². The van der Waals surface area contributed by atoms with Crippen LogP contribution in [-0.2, 0) is 0 Å². The van der Waals surface area contributed by atoms with E-state index in [-0.39, 0.29) is 0 Å². The summed E-state index contributed by atoms with van der Waals surface area (Å²) in [7, 11) is 0. The summed E-state index contributed by atoms with van der Waals surface area (Å²) in [6.07, 6.45) is 1.78. The lowest BCUT2D eigenvalue weighted by molar-refractivity contribution is 0.558. The van der Waals surface area contributed by atoms with Crippen LogP contribution < -0.4 is 11.2 Å². The smallest absolute Gasteiger partial charge is 0.104 e. The van der Waals surface area contributed by atoms with E-state index in [1.165, 1.54) is 0 Å². The Labute approximate surface area is 77.0 Å². The van der Waals surface area contributed by atoms with Gasteiger partial charge in [0.2, 0.25) is 0 Å². The molecular formula is C9H12N4. The van der Waals surface area contributed by atoms with E-state index in [4.69, 9.17) is 5.73 Å². The van der Waals surface area contributed by atoms with E-state index in [2.05, 4.69) is 10.4 Å². The van der Waals surface area contributed by atoms with Crippen LogP contribution in [0.2, 0.25) is 0 Å². The topological polar surface area (TPSA) is 53.6 Å². The number of aliphatic imine (C=N–C) groups is 1. The van der Waals surface area contributed by atoms with Gasteiger partial charge in [0.15, 0.2) is 0 Å². The van der Waals surface area contributed by atoms with Gasteiger partial charge in [-0.25, -0.2) is 0 Å². The number of hydrogen-bond donors (Lipinski definition) is 2.